The Morgan fingerprint density at radius 2 is 1.84 bits per heavy atom. The van der Waals surface area contributed by atoms with Crippen molar-refractivity contribution in [3.8, 4) is 5.75 Å². The van der Waals surface area contributed by atoms with Crippen molar-refractivity contribution in [3.05, 3.63) is 77.0 Å². The number of thioether (sulfide) groups is 1. The summed E-state index contributed by atoms with van der Waals surface area (Å²) in [5.41, 5.74) is 3.33. The molecule has 4 rings (SSSR count). The van der Waals surface area contributed by atoms with Crippen LogP contribution >= 0.6 is 11.8 Å². The Balaban J connectivity index is 1.68. The summed E-state index contributed by atoms with van der Waals surface area (Å²) in [7, 11) is 0. The van der Waals surface area contributed by atoms with E-state index in [1.807, 2.05) is 56.3 Å². The molecule has 166 valence electrons. The molecule has 1 aliphatic rings. The van der Waals surface area contributed by atoms with Gasteiger partial charge >= 0.3 is 5.97 Å². The molecule has 0 amide bonds. The van der Waals surface area contributed by atoms with Gasteiger partial charge in [0.1, 0.15) is 11.8 Å². The molecule has 0 saturated carbocycles. The van der Waals surface area contributed by atoms with Crippen LogP contribution in [0.15, 0.2) is 71.0 Å². The SMILES string of the molecule is CCOC(=O)C1=C(C)Nc2nc(SCc3ccccc3)nn2C1c1ccc(OCC)cc1. The standard InChI is InChI=1S/C24H26N4O3S/c1-4-30-19-13-11-18(12-14-19)21-20(22(29)31-5-2)16(3)25-23-26-24(27-28(21)23)32-15-17-9-7-6-8-10-17/h6-14,21H,4-5,15H2,1-3H3,(H,25,26,27). The predicted molar refractivity (Wildman–Crippen MR) is 125 cm³/mol. The maximum Gasteiger partial charge on any atom is 0.338 e. The van der Waals surface area contributed by atoms with Crippen LogP contribution in [0.1, 0.15) is 37.9 Å². The van der Waals surface area contributed by atoms with Crippen molar-refractivity contribution in [2.75, 3.05) is 18.5 Å². The molecule has 0 fully saturated rings. The van der Waals surface area contributed by atoms with Crippen molar-refractivity contribution in [1.82, 2.24) is 14.8 Å². The van der Waals surface area contributed by atoms with Crippen LogP contribution in [0.2, 0.25) is 0 Å². The highest BCUT2D eigenvalue weighted by molar-refractivity contribution is 7.98. The predicted octanol–water partition coefficient (Wildman–Crippen LogP) is 4.82. The van der Waals surface area contributed by atoms with Crippen LogP contribution in [-0.4, -0.2) is 33.9 Å². The van der Waals surface area contributed by atoms with Gasteiger partial charge in [-0.3, -0.25) is 0 Å². The zero-order valence-corrected chi connectivity index (χ0v) is 19.2. The second kappa shape index (κ2) is 9.91. The molecule has 1 aromatic heterocycles. The van der Waals surface area contributed by atoms with Crippen LogP contribution in [-0.2, 0) is 15.3 Å². The lowest BCUT2D eigenvalue weighted by molar-refractivity contribution is -0.139. The number of hydrogen-bond acceptors (Lipinski definition) is 7. The van der Waals surface area contributed by atoms with Crippen molar-refractivity contribution >= 4 is 23.7 Å². The molecule has 0 bridgehead atoms. The molecule has 0 saturated heterocycles. The second-order valence-electron chi connectivity index (χ2n) is 7.23. The summed E-state index contributed by atoms with van der Waals surface area (Å²) in [6, 6.07) is 17.5. The molecule has 0 spiro atoms. The average molecular weight is 451 g/mol. The van der Waals surface area contributed by atoms with Gasteiger partial charge in [-0.15, -0.1) is 5.10 Å². The number of fused-ring (bicyclic) bond motifs is 1. The Bertz CT molecular complexity index is 1110. The number of nitrogens with zero attached hydrogens (tertiary/aromatic N) is 3. The molecule has 0 aliphatic carbocycles. The Morgan fingerprint density at radius 3 is 2.53 bits per heavy atom. The van der Waals surface area contributed by atoms with Gasteiger partial charge in [0.15, 0.2) is 0 Å². The summed E-state index contributed by atoms with van der Waals surface area (Å²) in [6.07, 6.45) is 0. The molecule has 1 unspecified atom stereocenters. The summed E-state index contributed by atoms with van der Waals surface area (Å²) in [6.45, 7) is 6.50. The minimum Gasteiger partial charge on any atom is -0.494 e. The van der Waals surface area contributed by atoms with E-state index < -0.39 is 6.04 Å². The van der Waals surface area contributed by atoms with Crippen molar-refractivity contribution in [2.24, 2.45) is 0 Å². The van der Waals surface area contributed by atoms with Gasteiger partial charge in [-0.05, 0) is 44.0 Å². The summed E-state index contributed by atoms with van der Waals surface area (Å²) in [5.74, 6) is 1.78. The van der Waals surface area contributed by atoms with Gasteiger partial charge in [0.25, 0.3) is 0 Å². The largest absolute Gasteiger partial charge is 0.494 e. The Morgan fingerprint density at radius 1 is 1.09 bits per heavy atom. The monoisotopic (exact) mass is 450 g/mol. The fourth-order valence-corrected chi connectivity index (χ4v) is 4.39. The molecule has 1 aliphatic heterocycles. The molecular weight excluding hydrogens is 424 g/mol. The first-order valence-corrected chi connectivity index (χ1v) is 11.6. The maximum absolute atomic E-state index is 12.9. The first kappa shape index (κ1) is 22.0. The lowest BCUT2D eigenvalue weighted by Gasteiger charge is -2.28. The molecule has 1 N–H and O–H groups in total. The molecule has 8 heteroatoms. The topological polar surface area (TPSA) is 78.3 Å². The molecule has 2 aromatic carbocycles. The van der Waals surface area contributed by atoms with Crippen molar-refractivity contribution in [2.45, 2.75) is 37.7 Å². The van der Waals surface area contributed by atoms with E-state index >= 15 is 0 Å². The third-order valence-corrected chi connectivity index (χ3v) is 5.95. The van der Waals surface area contributed by atoms with Gasteiger partial charge in [0, 0.05) is 11.4 Å². The van der Waals surface area contributed by atoms with Gasteiger partial charge in [0.2, 0.25) is 11.1 Å². The van der Waals surface area contributed by atoms with Crippen molar-refractivity contribution < 1.29 is 14.3 Å². The number of benzene rings is 2. The number of allylic oxidation sites excluding steroid dienone is 1. The van der Waals surface area contributed by atoms with E-state index in [9.17, 15) is 4.79 Å². The summed E-state index contributed by atoms with van der Waals surface area (Å²) < 4.78 is 12.7. The number of ether oxygens (including phenoxy) is 2. The number of aromatic nitrogens is 3. The summed E-state index contributed by atoms with van der Waals surface area (Å²) >= 11 is 1.56. The highest BCUT2D eigenvalue weighted by Crippen LogP contribution is 2.37. The van der Waals surface area contributed by atoms with E-state index in [2.05, 4.69) is 22.4 Å². The Kier molecular flexibility index (Phi) is 6.80. The van der Waals surface area contributed by atoms with Crippen LogP contribution in [0, 0.1) is 0 Å². The first-order valence-electron chi connectivity index (χ1n) is 10.6. The quantitative estimate of drug-likeness (QED) is 0.389. The third-order valence-electron chi connectivity index (χ3n) is 5.05. The average Bonchev–Trinajstić information content (AvgIpc) is 3.21. The third kappa shape index (κ3) is 4.65. The highest BCUT2D eigenvalue weighted by atomic mass is 32.2. The summed E-state index contributed by atoms with van der Waals surface area (Å²) in [5, 5.41) is 8.62. The van der Waals surface area contributed by atoms with E-state index in [-0.39, 0.29) is 5.97 Å². The van der Waals surface area contributed by atoms with Crippen LogP contribution in [0.5, 0.6) is 5.75 Å². The molecule has 32 heavy (non-hydrogen) atoms. The molecular formula is C24H26N4O3S. The van der Waals surface area contributed by atoms with Gasteiger partial charge in [-0.25, -0.2) is 9.48 Å². The van der Waals surface area contributed by atoms with E-state index in [1.165, 1.54) is 5.56 Å². The normalized spacial score (nSPS) is 15.2. The van der Waals surface area contributed by atoms with E-state index in [1.54, 1.807) is 23.4 Å². The van der Waals surface area contributed by atoms with Gasteiger partial charge in [-0.1, -0.05) is 54.2 Å². The lowest BCUT2D eigenvalue weighted by Crippen LogP contribution is -2.29. The Labute approximate surface area is 191 Å². The number of carbonyl (C=O) groups excluding carboxylic acids is 1. The van der Waals surface area contributed by atoms with Crippen LogP contribution < -0.4 is 10.1 Å². The number of carbonyl (C=O) groups is 1. The number of rotatable bonds is 8. The number of nitrogens with one attached hydrogen (secondary N) is 1. The Hall–Kier alpha value is -3.26. The van der Waals surface area contributed by atoms with Gasteiger partial charge in [-0.2, -0.15) is 4.98 Å². The van der Waals surface area contributed by atoms with Crippen molar-refractivity contribution in [3.63, 3.8) is 0 Å². The minimum atomic E-state index is -0.445. The maximum atomic E-state index is 12.9. The van der Waals surface area contributed by atoms with Crippen LogP contribution in [0.25, 0.3) is 0 Å². The molecule has 0 radical (unpaired) electrons. The number of anilines is 1. The zero-order chi connectivity index (χ0) is 22.5. The molecule has 3 aromatic rings. The number of esters is 1. The van der Waals surface area contributed by atoms with E-state index in [4.69, 9.17) is 14.6 Å². The molecule has 2 heterocycles. The molecule has 7 nitrogen and oxygen atoms in total. The fraction of sp³-hybridized carbons (Fsp3) is 0.292. The van der Waals surface area contributed by atoms with Crippen LogP contribution in [0.3, 0.4) is 0 Å². The van der Waals surface area contributed by atoms with Gasteiger partial charge < -0.3 is 14.8 Å². The number of hydrogen-bond donors (Lipinski definition) is 1. The summed E-state index contributed by atoms with van der Waals surface area (Å²) in [4.78, 5) is 17.5. The van der Waals surface area contributed by atoms with Crippen molar-refractivity contribution in [1.29, 1.82) is 0 Å². The van der Waals surface area contributed by atoms with E-state index in [0.717, 1.165) is 17.1 Å². The van der Waals surface area contributed by atoms with Gasteiger partial charge in [0.05, 0.1) is 18.8 Å². The minimum absolute atomic E-state index is 0.300. The lowest BCUT2D eigenvalue weighted by atomic mass is 9.96. The highest BCUT2D eigenvalue weighted by Gasteiger charge is 2.35. The zero-order valence-electron chi connectivity index (χ0n) is 18.4. The first-order chi connectivity index (χ1) is 15.6. The fourth-order valence-electron chi connectivity index (χ4n) is 3.61. The van der Waals surface area contributed by atoms with Crippen LogP contribution in [0.4, 0.5) is 5.95 Å². The molecule has 1 atom stereocenters. The van der Waals surface area contributed by atoms with E-state index in [0.29, 0.717) is 35.6 Å². The smallest absolute Gasteiger partial charge is 0.338 e. The second-order valence-corrected chi connectivity index (χ2v) is 8.17.